The molecule has 0 atom stereocenters. The number of carbonyl (C=O) groups excluding carboxylic acids is 2. The molecule has 0 bridgehead atoms. The highest BCUT2D eigenvalue weighted by molar-refractivity contribution is 5.90. The fourth-order valence-electron chi connectivity index (χ4n) is 1.11. The molecule has 3 nitrogen and oxygen atoms in total. The molecule has 0 N–H and O–H groups in total. The Morgan fingerprint density at radius 3 is 2.83 bits per heavy atom. The minimum absolute atomic E-state index is 0.193. The second kappa shape index (κ2) is 4.70. The van der Waals surface area contributed by atoms with Crippen LogP contribution in [-0.4, -0.2) is 18.9 Å². The molecule has 1 rings (SSSR count). The number of allylic oxidation sites excluding steroid dienone is 1. The summed E-state index contributed by atoms with van der Waals surface area (Å²) in [6.45, 7) is 0.512. The summed E-state index contributed by atoms with van der Waals surface area (Å²) in [5.41, 5.74) is 0.765. The van der Waals surface area contributed by atoms with Crippen LogP contribution in [0.2, 0.25) is 0 Å². The van der Waals surface area contributed by atoms with E-state index in [1.807, 2.05) is 6.08 Å². The molecule has 12 heavy (non-hydrogen) atoms. The fourth-order valence-corrected chi connectivity index (χ4v) is 1.11. The Labute approximate surface area is 71.4 Å². The molecule has 0 radical (unpaired) electrons. The standard InChI is InChI=1S/C9H12O3/c10-6-3-1-2-4-8-5-7-12-9(8)11/h4,6H,1-3,5,7H2/b8-4+. The third-order valence-corrected chi connectivity index (χ3v) is 1.78. The van der Waals surface area contributed by atoms with Gasteiger partial charge in [0.2, 0.25) is 0 Å². The van der Waals surface area contributed by atoms with Gasteiger partial charge in [0.1, 0.15) is 6.29 Å². The quantitative estimate of drug-likeness (QED) is 0.274. The van der Waals surface area contributed by atoms with Crippen molar-refractivity contribution in [2.45, 2.75) is 25.7 Å². The van der Waals surface area contributed by atoms with Crippen molar-refractivity contribution >= 4 is 12.3 Å². The lowest BCUT2D eigenvalue weighted by Crippen LogP contribution is -1.94. The fraction of sp³-hybridized carbons (Fsp3) is 0.556. The van der Waals surface area contributed by atoms with Crippen LogP contribution in [0.4, 0.5) is 0 Å². The highest BCUT2D eigenvalue weighted by Crippen LogP contribution is 2.14. The van der Waals surface area contributed by atoms with Gasteiger partial charge in [0, 0.05) is 18.4 Å². The second-order valence-corrected chi connectivity index (χ2v) is 2.71. The van der Waals surface area contributed by atoms with Crippen molar-refractivity contribution in [3.8, 4) is 0 Å². The maximum absolute atomic E-state index is 10.9. The topological polar surface area (TPSA) is 43.4 Å². The van der Waals surface area contributed by atoms with E-state index in [2.05, 4.69) is 0 Å². The third-order valence-electron chi connectivity index (χ3n) is 1.78. The zero-order valence-electron chi connectivity index (χ0n) is 6.91. The zero-order valence-corrected chi connectivity index (χ0v) is 6.91. The summed E-state index contributed by atoms with van der Waals surface area (Å²) in [5, 5.41) is 0. The predicted octanol–water partition coefficient (Wildman–Crippen LogP) is 1.23. The van der Waals surface area contributed by atoms with Crippen molar-refractivity contribution in [2.75, 3.05) is 6.61 Å². The minimum atomic E-state index is -0.193. The first kappa shape index (κ1) is 8.97. The van der Waals surface area contributed by atoms with Gasteiger partial charge in [-0.15, -0.1) is 0 Å². The SMILES string of the molecule is O=CCCC/C=C1\CCOC1=O. The molecule has 0 spiro atoms. The first-order valence-corrected chi connectivity index (χ1v) is 4.14. The summed E-state index contributed by atoms with van der Waals surface area (Å²) in [7, 11) is 0. The predicted molar refractivity (Wildman–Crippen MR) is 43.6 cm³/mol. The first-order chi connectivity index (χ1) is 5.84. The van der Waals surface area contributed by atoms with Crippen LogP contribution in [0.25, 0.3) is 0 Å². The van der Waals surface area contributed by atoms with E-state index in [-0.39, 0.29) is 5.97 Å². The number of carbonyl (C=O) groups is 2. The number of hydrogen-bond acceptors (Lipinski definition) is 3. The van der Waals surface area contributed by atoms with Gasteiger partial charge in [0.05, 0.1) is 6.61 Å². The van der Waals surface area contributed by atoms with E-state index in [1.54, 1.807) is 0 Å². The molecule has 0 aliphatic carbocycles. The molecular formula is C9H12O3. The number of esters is 1. The smallest absolute Gasteiger partial charge is 0.333 e. The maximum atomic E-state index is 10.9. The van der Waals surface area contributed by atoms with Gasteiger partial charge in [-0.3, -0.25) is 0 Å². The van der Waals surface area contributed by atoms with Crippen molar-refractivity contribution in [3.05, 3.63) is 11.6 Å². The molecule has 1 aliphatic heterocycles. The van der Waals surface area contributed by atoms with E-state index in [4.69, 9.17) is 4.74 Å². The molecule has 1 saturated heterocycles. The molecule has 0 aromatic rings. The van der Waals surface area contributed by atoms with Gasteiger partial charge in [0.25, 0.3) is 0 Å². The van der Waals surface area contributed by atoms with Gasteiger partial charge in [-0.25, -0.2) is 4.79 Å². The van der Waals surface area contributed by atoms with E-state index >= 15 is 0 Å². The van der Waals surface area contributed by atoms with Crippen LogP contribution in [0.15, 0.2) is 11.6 Å². The van der Waals surface area contributed by atoms with Crippen molar-refractivity contribution in [2.24, 2.45) is 0 Å². The van der Waals surface area contributed by atoms with Crippen LogP contribution < -0.4 is 0 Å². The summed E-state index contributed by atoms with van der Waals surface area (Å²) >= 11 is 0. The van der Waals surface area contributed by atoms with E-state index in [9.17, 15) is 9.59 Å². The summed E-state index contributed by atoms with van der Waals surface area (Å²) in [6.07, 6.45) is 5.67. The summed E-state index contributed by atoms with van der Waals surface area (Å²) in [5.74, 6) is -0.193. The summed E-state index contributed by atoms with van der Waals surface area (Å²) in [4.78, 5) is 20.8. The second-order valence-electron chi connectivity index (χ2n) is 2.71. The molecule has 1 aliphatic rings. The Morgan fingerprint density at radius 1 is 1.42 bits per heavy atom. The van der Waals surface area contributed by atoms with E-state index in [1.165, 1.54) is 0 Å². The largest absolute Gasteiger partial charge is 0.462 e. The molecule has 0 amide bonds. The van der Waals surface area contributed by atoms with Gasteiger partial charge in [-0.1, -0.05) is 6.08 Å². The minimum Gasteiger partial charge on any atom is -0.462 e. The van der Waals surface area contributed by atoms with Crippen LogP contribution in [0, 0.1) is 0 Å². The highest BCUT2D eigenvalue weighted by atomic mass is 16.5. The van der Waals surface area contributed by atoms with Crippen LogP contribution in [-0.2, 0) is 14.3 Å². The van der Waals surface area contributed by atoms with Gasteiger partial charge in [-0.05, 0) is 12.8 Å². The lowest BCUT2D eigenvalue weighted by atomic mass is 10.1. The van der Waals surface area contributed by atoms with Gasteiger partial charge < -0.3 is 9.53 Å². The van der Waals surface area contributed by atoms with Crippen molar-refractivity contribution in [3.63, 3.8) is 0 Å². The van der Waals surface area contributed by atoms with Crippen LogP contribution in [0.3, 0.4) is 0 Å². The normalized spacial score (nSPS) is 19.7. The Kier molecular flexibility index (Phi) is 3.51. The monoisotopic (exact) mass is 168 g/mol. The first-order valence-electron chi connectivity index (χ1n) is 4.14. The van der Waals surface area contributed by atoms with Crippen molar-refractivity contribution in [1.82, 2.24) is 0 Å². The van der Waals surface area contributed by atoms with Crippen LogP contribution in [0.1, 0.15) is 25.7 Å². The number of hydrogen-bond donors (Lipinski definition) is 0. The molecule has 1 heterocycles. The zero-order chi connectivity index (χ0) is 8.81. The maximum Gasteiger partial charge on any atom is 0.333 e. The van der Waals surface area contributed by atoms with Crippen molar-refractivity contribution < 1.29 is 14.3 Å². The Hall–Kier alpha value is -1.12. The Bertz CT molecular complexity index is 206. The molecule has 0 saturated carbocycles. The summed E-state index contributed by atoms with van der Waals surface area (Å²) < 4.78 is 4.75. The lowest BCUT2D eigenvalue weighted by molar-refractivity contribution is -0.135. The van der Waals surface area contributed by atoms with Gasteiger partial charge in [0.15, 0.2) is 0 Å². The molecule has 1 fully saturated rings. The molecule has 0 unspecified atom stereocenters. The van der Waals surface area contributed by atoms with Gasteiger partial charge >= 0.3 is 5.97 Å². The van der Waals surface area contributed by atoms with E-state index < -0.39 is 0 Å². The summed E-state index contributed by atoms with van der Waals surface area (Å²) in [6, 6.07) is 0. The lowest BCUT2D eigenvalue weighted by Gasteiger charge is -1.91. The molecule has 66 valence electrons. The number of ether oxygens (including phenoxy) is 1. The van der Waals surface area contributed by atoms with Gasteiger partial charge in [-0.2, -0.15) is 0 Å². The average molecular weight is 168 g/mol. The number of rotatable bonds is 4. The van der Waals surface area contributed by atoms with Crippen LogP contribution >= 0.6 is 0 Å². The van der Waals surface area contributed by atoms with E-state index in [0.29, 0.717) is 13.0 Å². The highest BCUT2D eigenvalue weighted by Gasteiger charge is 2.17. The average Bonchev–Trinajstić information content (AvgIpc) is 2.46. The molecule has 0 aromatic carbocycles. The van der Waals surface area contributed by atoms with Crippen molar-refractivity contribution in [1.29, 1.82) is 0 Å². The Morgan fingerprint density at radius 2 is 2.25 bits per heavy atom. The number of aldehydes is 1. The van der Waals surface area contributed by atoms with E-state index in [0.717, 1.165) is 31.1 Å². The number of unbranched alkanes of at least 4 members (excludes halogenated alkanes) is 2. The molecule has 3 heteroatoms. The molecule has 0 aromatic heterocycles. The Balaban J connectivity index is 2.26. The number of cyclic esters (lactones) is 1. The third kappa shape index (κ3) is 2.49. The molecular weight excluding hydrogens is 156 g/mol. The van der Waals surface area contributed by atoms with Crippen LogP contribution in [0.5, 0.6) is 0 Å².